The van der Waals surface area contributed by atoms with E-state index in [1.54, 1.807) is 0 Å². The van der Waals surface area contributed by atoms with E-state index in [1.807, 2.05) is 6.92 Å². The highest BCUT2D eigenvalue weighted by molar-refractivity contribution is 7.99. The second-order valence-electron chi connectivity index (χ2n) is 8.75. The van der Waals surface area contributed by atoms with Crippen LogP contribution >= 0.6 is 11.8 Å². The maximum absolute atomic E-state index is 11.2. The van der Waals surface area contributed by atoms with E-state index in [4.69, 9.17) is 25.1 Å². The smallest absolute Gasteiger partial charge is 0.335 e. The highest BCUT2D eigenvalue weighted by Gasteiger charge is 2.48. The SMILES string of the molecule is CCCSc1nc(N)c2nnn([C@@H]3C[C@H](OCCOC4OC(C(=O)O)C(O)C(O)C4O)[C@@H](O)[C@H]3O)c2n1. The van der Waals surface area contributed by atoms with Crippen LogP contribution in [0, 0.1) is 0 Å². The molecule has 0 bridgehead atoms. The first-order valence-corrected chi connectivity index (χ1v) is 12.7. The van der Waals surface area contributed by atoms with Crippen LogP contribution in [0.2, 0.25) is 0 Å². The Morgan fingerprint density at radius 1 is 1.08 bits per heavy atom. The number of nitrogen functional groups attached to an aromatic ring is 1. The zero-order valence-corrected chi connectivity index (χ0v) is 20.6. The van der Waals surface area contributed by atoms with Crippen molar-refractivity contribution in [2.75, 3.05) is 24.7 Å². The fourth-order valence-corrected chi connectivity index (χ4v) is 4.94. The monoisotopic (exact) mass is 546 g/mol. The van der Waals surface area contributed by atoms with Crippen molar-refractivity contribution >= 4 is 34.7 Å². The summed E-state index contributed by atoms with van der Waals surface area (Å²) in [6, 6.07) is -0.722. The summed E-state index contributed by atoms with van der Waals surface area (Å²) in [5, 5.41) is 68.4. The number of nitrogens with zero attached hydrogens (tertiary/aromatic N) is 5. The van der Waals surface area contributed by atoms with Crippen molar-refractivity contribution < 1.29 is 49.6 Å². The molecular formula is C20H30N6O10S. The minimum Gasteiger partial charge on any atom is -0.479 e. The average molecular weight is 547 g/mol. The molecule has 9 atom stereocenters. The molecule has 0 spiro atoms. The number of hydrogen-bond acceptors (Lipinski definition) is 15. The van der Waals surface area contributed by atoms with Crippen LogP contribution in [0.25, 0.3) is 11.2 Å². The Bertz CT molecular complexity index is 1090. The lowest BCUT2D eigenvalue weighted by molar-refractivity contribution is -0.296. The van der Waals surface area contributed by atoms with Crippen molar-refractivity contribution in [2.24, 2.45) is 0 Å². The first-order valence-electron chi connectivity index (χ1n) is 11.7. The molecule has 2 aromatic rings. The van der Waals surface area contributed by atoms with Gasteiger partial charge in [-0.1, -0.05) is 23.9 Å². The van der Waals surface area contributed by atoms with Crippen LogP contribution in [-0.2, 0) is 19.0 Å². The van der Waals surface area contributed by atoms with Crippen molar-refractivity contribution in [2.45, 2.75) is 80.0 Å². The largest absolute Gasteiger partial charge is 0.479 e. The normalized spacial score (nSPS) is 34.3. The zero-order valence-electron chi connectivity index (χ0n) is 19.8. The minimum absolute atomic E-state index is 0.130. The molecule has 0 aromatic carbocycles. The van der Waals surface area contributed by atoms with E-state index < -0.39 is 61.0 Å². The number of thioether (sulfide) groups is 1. The molecule has 2 fully saturated rings. The van der Waals surface area contributed by atoms with Gasteiger partial charge in [-0.2, -0.15) is 0 Å². The Morgan fingerprint density at radius 3 is 2.51 bits per heavy atom. The standard InChI is InChI=1S/C20H30N6O10S/c1-2-5-37-20-22-16(21)9-17(23-20)26(25-24-9)7-6-8(11(28)10(7)27)34-3-4-35-19-14(31)12(29)13(30)15(36-19)18(32)33/h7-8,10-15,19,27-31H,2-6H2,1H3,(H,32,33)(H2,21,22,23)/t7-,8+,10+,11-,12?,13?,14?,15?,19?/m1/s1. The number of fused-ring (bicyclic) bond motifs is 1. The maximum Gasteiger partial charge on any atom is 0.335 e. The van der Waals surface area contributed by atoms with Crippen LogP contribution < -0.4 is 5.73 Å². The second kappa shape index (κ2) is 11.7. The second-order valence-corrected chi connectivity index (χ2v) is 9.81. The van der Waals surface area contributed by atoms with Gasteiger partial charge in [0, 0.05) is 12.2 Å². The molecule has 2 aliphatic rings. The predicted molar refractivity (Wildman–Crippen MR) is 124 cm³/mol. The van der Waals surface area contributed by atoms with Gasteiger partial charge in [-0.15, -0.1) is 5.10 Å². The van der Waals surface area contributed by atoms with Gasteiger partial charge in [0.05, 0.1) is 25.4 Å². The Labute approximate surface area is 214 Å². The molecule has 17 heteroatoms. The molecule has 0 amide bonds. The van der Waals surface area contributed by atoms with E-state index in [1.165, 1.54) is 16.4 Å². The van der Waals surface area contributed by atoms with E-state index >= 15 is 0 Å². The van der Waals surface area contributed by atoms with Gasteiger partial charge in [0.25, 0.3) is 0 Å². The van der Waals surface area contributed by atoms with Gasteiger partial charge >= 0.3 is 5.97 Å². The number of anilines is 1. The fourth-order valence-electron chi connectivity index (χ4n) is 4.24. The Morgan fingerprint density at radius 2 is 1.81 bits per heavy atom. The lowest BCUT2D eigenvalue weighted by Gasteiger charge is -2.38. The fraction of sp³-hybridized carbons (Fsp3) is 0.750. The molecule has 1 aliphatic carbocycles. The molecule has 5 unspecified atom stereocenters. The van der Waals surface area contributed by atoms with Crippen LogP contribution in [-0.4, -0.2) is 130 Å². The number of aliphatic hydroxyl groups excluding tert-OH is 5. The molecule has 37 heavy (non-hydrogen) atoms. The van der Waals surface area contributed by atoms with Gasteiger partial charge in [0.2, 0.25) is 0 Å². The third kappa shape index (κ3) is 5.64. The first kappa shape index (κ1) is 27.8. The molecule has 4 rings (SSSR count). The van der Waals surface area contributed by atoms with Crippen molar-refractivity contribution in [3.8, 4) is 0 Å². The topological polar surface area (TPSA) is 249 Å². The maximum atomic E-state index is 11.2. The summed E-state index contributed by atoms with van der Waals surface area (Å²) >= 11 is 1.42. The van der Waals surface area contributed by atoms with Gasteiger partial charge in [-0.3, -0.25) is 0 Å². The molecule has 1 aliphatic heterocycles. The van der Waals surface area contributed by atoms with Gasteiger partial charge in [0.1, 0.15) is 30.5 Å². The van der Waals surface area contributed by atoms with Crippen molar-refractivity contribution in [3.05, 3.63) is 0 Å². The number of rotatable bonds is 10. The van der Waals surface area contributed by atoms with E-state index in [9.17, 15) is 30.3 Å². The summed E-state index contributed by atoms with van der Waals surface area (Å²) in [5.74, 6) is -0.585. The number of nitrogens with two attached hydrogens (primary N) is 1. The van der Waals surface area contributed by atoms with Crippen LogP contribution in [0.4, 0.5) is 5.82 Å². The van der Waals surface area contributed by atoms with Gasteiger partial charge in [0.15, 0.2) is 34.5 Å². The number of aromatic nitrogens is 5. The van der Waals surface area contributed by atoms with E-state index in [-0.39, 0.29) is 31.0 Å². The number of aliphatic carboxylic acids is 1. The summed E-state index contributed by atoms with van der Waals surface area (Å²) in [6.07, 6.45) is -10.9. The van der Waals surface area contributed by atoms with Gasteiger partial charge < -0.3 is 50.6 Å². The van der Waals surface area contributed by atoms with Crippen LogP contribution in [0.1, 0.15) is 25.8 Å². The lowest BCUT2D eigenvalue weighted by atomic mass is 9.99. The predicted octanol–water partition coefficient (Wildman–Crippen LogP) is -2.73. The third-order valence-corrected chi connectivity index (χ3v) is 7.24. The number of carboxylic acid groups (broad SMARTS) is 1. The molecule has 0 radical (unpaired) electrons. The number of aliphatic hydroxyl groups is 5. The van der Waals surface area contributed by atoms with E-state index in [0.717, 1.165) is 12.2 Å². The summed E-state index contributed by atoms with van der Waals surface area (Å²) in [4.78, 5) is 19.9. The van der Waals surface area contributed by atoms with Crippen molar-refractivity contribution in [1.82, 2.24) is 25.0 Å². The molecular weight excluding hydrogens is 516 g/mol. The van der Waals surface area contributed by atoms with Crippen molar-refractivity contribution in [1.29, 1.82) is 0 Å². The number of hydrogen-bond donors (Lipinski definition) is 7. The highest BCUT2D eigenvalue weighted by atomic mass is 32.2. The molecule has 2 aromatic heterocycles. The summed E-state index contributed by atoms with van der Waals surface area (Å²) in [7, 11) is 0. The number of carbonyl (C=O) groups is 1. The number of ether oxygens (including phenoxy) is 3. The summed E-state index contributed by atoms with van der Waals surface area (Å²) < 4.78 is 17.4. The molecule has 16 nitrogen and oxygen atoms in total. The third-order valence-electron chi connectivity index (χ3n) is 6.19. The van der Waals surface area contributed by atoms with Gasteiger partial charge in [-0.25, -0.2) is 19.4 Å². The Balaban J connectivity index is 1.36. The average Bonchev–Trinajstić information content (AvgIpc) is 3.41. The molecule has 1 saturated heterocycles. The Hall–Kier alpha value is -2.22. The van der Waals surface area contributed by atoms with E-state index in [2.05, 4.69) is 20.3 Å². The lowest BCUT2D eigenvalue weighted by Crippen LogP contribution is -2.60. The minimum atomic E-state index is -1.83. The summed E-state index contributed by atoms with van der Waals surface area (Å²) in [5.41, 5.74) is 6.60. The molecule has 3 heterocycles. The summed E-state index contributed by atoms with van der Waals surface area (Å²) in [6.45, 7) is 1.68. The molecule has 1 saturated carbocycles. The zero-order chi connectivity index (χ0) is 26.9. The Kier molecular flexibility index (Phi) is 8.77. The molecule has 206 valence electrons. The van der Waals surface area contributed by atoms with Crippen LogP contribution in [0.5, 0.6) is 0 Å². The first-order chi connectivity index (χ1) is 17.6. The number of carboxylic acids is 1. The molecule has 8 N–H and O–H groups in total. The van der Waals surface area contributed by atoms with E-state index in [0.29, 0.717) is 10.8 Å². The quantitative estimate of drug-likeness (QED) is 0.0907. The van der Waals surface area contributed by atoms with Crippen LogP contribution in [0.3, 0.4) is 0 Å². The van der Waals surface area contributed by atoms with Crippen molar-refractivity contribution in [3.63, 3.8) is 0 Å². The highest BCUT2D eigenvalue weighted by Crippen LogP contribution is 2.35. The van der Waals surface area contributed by atoms with Crippen LogP contribution in [0.15, 0.2) is 5.16 Å². The van der Waals surface area contributed by atoms with Gasteiger partial charge in [-0.05, 0) is 6.42 Å².